The first-order chi connectivity index (χ1) is 5.85. The van der Waals surface area contributed by atoms with Gasteiger partial charge in [0.25, 0.3) is 0 Å². The maximum Gasteiger partial charge on any atom is -0.0139 e. The second-order valence-electron chi connectivity index (χ2n) is 2.86. The van der Waals surface area contributed by atoms with Crippen molar-refractivity contribution in [1.29, 1.82) is 0 Å². The average Bonchev–Trinajstić information content (AvgIpc) is 2.11. The summed E-state index contributed by atoms with van der Waals surface area (Å²) in [5.74, 6) is 0. The zero-order valence-corrected chi connectivity index (χ0v) is 8.34. The Morgan fingerprint density at radius 3 is 2.58 bits per heavy atom. The van der Waals surface area contributed by atoms with Gasteiger partial charge in [-0.1, -0.05) is 36.8 Å². The van der Waals surface area contributed by atoms with Crippen molar-refractivity contribution in [2.45, 2.75) is 39.5 Å². The van der Waals surface area contributed by atoms with E-state index in [1.54, 1.807) is 0 Å². The van der Waals surface area contributed by atoms with Crippen molar-refractivity contribution in [2.75, 3.05) is 0 Å². The van der Waals surface area contributed by atoms with Crippen LogP contribution in [0, 0.1) is 0 Å². The molecule has 0 N–H and O–H groups in total. The number of rotatable bonds is 6. The Bertz CT molecular complexity index is 161. The first-order valence-corrected chi connectivity index (χ1v) is 4.75. The highest BCUT2D eigenvalue weighted by molar-refractivity contribution is 5.06. The normalized spacial score (nSPS) is 12.3. The highest BCUT2D eigenvalue weighted by Crippen LogP contribution is 2.09. The molecule has 0 radical (unpaired) electrons. The number of allylic oxidation sites excluding steroid dienone is 5. The lowest BCUT2D eigenvalue weighted by Gasteiger charge is -1.99. The van der Waals surface area contributed by atoms with Crippen molar-refractivity contribution >= 4 is 0 Å². The minimum absolute atomic E-state index is 1.10. The number of hydrogen-bond donors (Lipinski definition) is 0. The molecule has 0 aliphatic carbocycles. The van der Waals surface area contributed by atoms with Gasteiger partial charge in [0.2, 0.25) is 0 Å². The zero-order chi connectivity index (χ0) is 9.23. The van der Waals surface area contributed by atoms with E-state index in [-0.39, 0.29) is 0 Å². The van der Waals surface area contributed by atoms with Crippen LogP contribution in [0.2, 0.25) is 0 Å². The van der Waals surface area contributed by atoms with Crippen LogP contribution in [-0.2, 0) is 0 Å². The first-order valence-electron chi connectivity index (χ1n) is 4.75. The highest BCUT2D eigenvalue weighted by atomic mass is 14.0. The molecule has 0 fully saturated rings. The van der Waals surface area contributed by atoms with Crippen LogP contribution in [0.3, 0.4) is 0 Å². The van der Waals surface area contributed by atoms with Gasteiger partial charge in [-0.25, -0.2) is 0 Å². The van der Waals surface area contributed by atoms with Crippen molar-refractivity contribution in [3.05, 3.63) is 36.5 Å². The minimum Gasteiger partial charge on any atom is -0.103 e. The molecular formula is C12H20. The third-order valence-electron chi connectivity index (χ3n) is 1.87. The van der Waals surface area contributed by atoms with E-state index < -0.39 is 0 Å². The van der Waals surface area contributed by atoms with Gasteiger partial charge >= 0.3 is 0 Å². The van der Waals surface area contributed by atoms with Crippen molar-refractivity contribution < 1.29 is 0 Å². The predicted octanol–water partition coefficient (Wildman–Crippen LogP) is 4.26. The topological polar surface area (TPSA) is 0 Å². The molecule has 0 heteroatoms. The summed E-state index contributed by atoms with van der Waals surface area (Å²) in [6.45, 7) is 7.98. The maximum absolute atomic E-state index is 3.70. The van der Waals surface area contributed by atoms with Crippen LogP contribution in [0.5, 0.6) is 0 Å². The van der Waals surface area contributed by atoms with Crippen LogP contribution in [0.4, 0.5) is 0 Å². The summed E-state index contributed by atoms with van der Waals surface area (Å²) < 4.78 is 0. The molecule has 0 heterocycles. The summed E-state index contributed by atoms with van der Waals surface area (Å²) in [5.41, 5.74) is 1.54. The lowest BCUT2D eigenvalue weighted by molar-refractivity contribution is 0.967. The summed E-state index contributed by atoms with van der Waals surface area (Å²) in [5, 5.41) is 0. The van der Waals surface area contributed by atoms with E-state index in [2.05, 4.69) is 38.7 Å². The Hall–Kier alpha value is -0.780. The van der Waals surface area contributed by atoms with Gasteiger partial charge in [0.05, 0.1) is 0 Å². The smallest absolute Gasteiger partial charge is 0.0139 e. The molecule has 0 nitrogen and oxygen atoms in total. The van der Waals surface area contributed by atoms with Gasteiger partial charge in [0.1, 0.15) is 0 Å². The van der Waals surface area contributed by atoms with Crippen LogP contribution in [-0.4, -0.2) is 0 Å². The third kappa shape index (κ3) is 5.96. The molecule has 0 aromatic heterocycles. The van der Waals surface area contributed by atoms with E-state index >= 15 is 0 Å². The molecule has 0 unspecified atom stereocenters. The fraction of sp³-hybridized carbons (Fsp3) is 0.500. The van der Waals surface area contributed by atoms with Gasteiger partial charge in [-0.15, -0.1) is 6.58 Å². The standard InChI is InChI=1S/C12H20/c1-4-7-9-11-12(6-3)10-8-5-2/h4-5,8,11H,1,6-7,9-10H2,2-3H3. The quantitative estimate of drug-likeness (QED) is 0.406. The molecule has 0 saturated heterocycles. The second-order valence-corrected chi connectivity index (χ2v) is 2.86. The summed E-state index contributed by atoms with van der Waals surface area (Å²) in [4.78, 5) is 0. The lowest BCUT2D eigenvalue weighted by Crippen LogP contribution is -1.78. The molecule has 0 rings (SSSR count). The van der Waals surface area contributed by atoms with E-state index in [9.17, 15) is 0 Å². The fourth-order valence-electron chi connectivity index (χ4n) is 1.05. The Labute approximate surface area is 76.7 Å². The molecule has 0 amide bonds. The molecular weight excluding hydrogens is 144 g/mol. The Morgan fingerprint density at radius 1 is 1.33 bits per heavy atom. The first kappa shape index (κ1) is 11.2. The van der Waals surface area contributed by atoms with E-state index in [1.165, 1.54) is 12.0 Å². The lowest BCUT2D eigenvalue weighted by atomic mass is 10.1. The Kier molecular flexibility index (Phi) is 7.78. The summed E-state index contributed by atoms with van der Waals surface area (Å²) in [6, 6.07) is 0. The van der Waals surface area contributed by atoms with Crippen LogP contribution in [0.15, 0.2) is 36.5 Å². The van der Waals surface area contributed by atoms with E-state index in [4.69, 9.17) is 0 Å². The van der Waals surface area contributed by atoms with Crippen molar-refractivity contribution in [3.8, 4) is 0 Å². The van der Waals surface area contributed by atoms with Gasteiger partial charge in [-0.2, -0.15) is 0 Å². The molecule has 12 heavy (non-hydrogen) atoms. The SMILES string of the molecule is C=CCCC=C(CC)CC=CC. The van der Waals surface area contributed by atoms with Crippen LogP contribution >= 0.6 is 0 Å². The van der Waals surface area contributed by atoms with E-state index in [0.717, 1.165) is 19.3 Å². The molecule has 68 valence electrons. The highest BCUT2D eigenvalue weighted by Gasteiger charge is 1.89. The van der Waals surface area contributed by atoms with Crippen molar-refractivity contribution in [3.63, 3.8) is 0 Å². The maximum atomic E-state index is 3.70. The second kappa shape index (κ2) is 8.32. The van der Waals surface area contributed by atoms with Crippen molar-refractivity contribution in [1.82, 2.24) is 0 Å². The molecule has 0 aromatic carbocycles. The Morgan fingerprint density at radius 2 is 2.08 bits per heavy atom. The number of hydrogen-bond acceptors (Lipinski definition) is 0. The molecule has 0 saturated carbocycles. The van der Waals surface area contributed by atoms with Crippen LogP contribution < -0.4 is 0 Å². The summed E-state index contributed by atoms with van der Waals surface area (Å²) in [7, 11) is 0. The van der Waals surface area contributed by atoms with E-state index in [0.29, 0.717) is 0 Å². The summed E-state index contributed by atoms with van der Waals surface area (Å²) >= 11 is 0. The predicted molar refractivity (Wildman–Crippen MR) is 57.2 cm³/mol. The molecule has 0 spiro atoms. The Balaban J connectivity index is 3.77. The summed E-state index contributed by atoms with van der Waals surface area (Å²) in [6.07, 6.45) is 13.1. The van der Waals surface area contributed by atoms with Gasteiger partial charge in [-0.05, 0) is 32.6 Å². The zero-order valence-electron chi connectivity index (χ0n) is 8.34. The van der Waals surface area contributed by atoms with Crippen LogP contribution in [0.25, 0.3) is 0 Å². The van der Waals surface area contributed by atoms with Crippen molar-refractivity contribution in [2.24, 2.45) is 0 Å². The largest absolute Gasteiger partial charge is 0.103 e. The average molecular weight is 164 g/mol. The molecule has 0 bridgehead atoms. The van der Waals surface area contributed by atoms with E-state index in [1.807, 2.05) is 6.08 Å². The fourth-order valence-corrected chi connectivity index (χ4v) is 1.05. The van der Waals surface area contributed by atoms with Gasteiger partial charge in [0, 0.05) is 0 Å². The van der Waals surface area contributed by atoms with Gasteiger partial charge in [-0.3, -0.25) is 0 Å². The van der Waals surface area contributed by atoms with Crippen LogP contribution in [0.1, 0.15) is 39.5 Å². The molecule has 0 aliphatic heterocycles. The molecule has 0 atom stereocenters. The van der Waals surface area contributed by atoms with Gasteiger partial charge < -0.3 is 0 Å². The molecule has 0 aromatic rings. The van der Waals surface area contributed by atoms with Gasteiger partial charge in [0.15, 0.2) is 0 Å². The third-order valence-corrected chi connectivity index (χ3v) is 1.87. The number of unbranched alkanes of at least 4 members (excludes halogenated alkanes) is 1. The minimum atomic E-state index is 1.10. The monoisotopic (exact) mass is 164 g/mol. The molecule has 0 aliphatic rings.